The summed E-state index contributed by atoms with van der Waals surface area (Å²) in [6.45, 7) is 6.77. The Labute approximate surface area is 149 Å². The molecule has 1 aromatic rings. The summed E-state index contributed by atoms with van der Waals surface area (Å²) < 4.78 is 2.13. The Morgan fingerprint density at radius 2 is 1.87 bits per heavy atom. The van der Waals surface area contributed by atoms with Gasteiger partial charge in [-0.25, -0.2) is 4.41 Å². The number of thiocarbonyl (C=S) groups is 1. The quantitative estimate of drug-likeness (QED) is 0.560. The summed E-state index contributed by atoms with van der Waals surface area (Å²) in [5.41, 5.74) is 2.19. The summed E-state index contributed by atoms with van der Waals surface area (Å²) in [5, 5.41) is 4.86. The van der Waals surface area contributed by atoms with Crippen molar-refractivity contribution >= 4 is 54.0 Å². The highest BCUT2D eigenvalue weighted by atomic mass is 33.1. The zero-order valence-corrected chi connectivity index (χ0v) is 16.5. The molecule has 3 rings (SSSR count). The van der Waals surface area contributed by atoms with Gasteiger partial charge in [-0.1, -0.05) is 51.2 Å². The summed E-state index contributed by atoms with van der Waals surface area (Å²) in [6, 6.07) is 10.3. The molecule has 0 fully saturated rings. The van der Waals surface area contributed by atoms with Crippen LogP contribution in [0.1, 0.15) is 20.8 Å². The highest BCUT2D eigenvalue weighted by molar-refractivity contribution is 8.86. The number of hydrogen-bond donors (Lipinski definition) is 0. The Morgan fingerprint density at radius 3 is 2.43 bits per heavy atom. The van der Waals surface area contributed by atoms with Crippen molar-refractivity contribution in [3.8, 4) is 0 Å². The molecule has 2 aliphatic heterocycles. The summed E-state index contributed by atoms with van der Waals surface area (Å²) in [7, 11) is 5.72. The summed E-state index contributed by atoms with van der Waals surface area (Å²) in [4.78, 5) is 5.40. The van der Waals surface area contributed by atoms with E-state index >= 15 is 0 Å². The number of hydrazone groups is 1. The van der Waals surface area contributed by atoms with Crippen molar-refractivity contribution in [2.24, 2.45) is 10.5 Å². The second-order valence-electron chi connectivity index (χ2n) is 6.71. The Morgan fingerprint density at radius 1 is 1.22 bits per heavy atom. The lowest BCUT2D eigenvalue weighted by molar-refractivity contribution is 0.535. The number of hydrogen-bond acceptors (Lipinski definition) is 4. The monoisotopic (exact) mass is 363 g/mol. The van der Waals surface area contributed by atoms with Crippen molar-refractivity contribution in [3.05, 3.63) is 41.3 Å². The molecule has 1 aromatic carbocycles. The molecule has 23 heavy (non-hydrogen) atoms. The van der Waals surface area contributed by atoms with Gasteiger partial charge in [-0.3, -0.25) is 0 Å². The van der Waals surface area contributed by atoms with E-state index in [1.54, 1.807) is 0 Å². The van der Waals surface area contributed by atoms with Crippen LogP contribution in [-0.4, -0.2) is 34.6 Å². The van der Waals surface area contributed by atoms with Crippen LogP contribution >= 0.6 is 32.7 Å². The first-order valence-corrected chi connectivity index (χ1v) is 10.4. The number of allylic oxidation sites excluding steroid dienone is 2. The third kappa shape index (κ3) is 3.12. The second-order valence-corrected chi connectivity index (χ2v) is 10.4. The van der Waals surface area contributed by atoms with E-state index in [1.165, 1.54) is 9.77 Å². The maximum atomic E-state index is 5.61. The summed E-state index contributed by atoms with van der Waals surface area (Å²) in [6.07, 6.45) is 2.30. The Balaban J connectivity index is 2.05. The minimum absolute atomic E-state index is 0.141. The largest absolute Gasteiger partial charge is 0.367 e. The van der Waals surface area contributed by atoms with E-state index in [1.807, 2.05) is 35.9 Å². The maximum Gasteiger partial charge on any atom is 0.134 e. The van der Waals surface area contributed by atoms with E-state index in [9.17, 15) is 0 Å². The van der Waals surface area contributed by atoms with E-state index in [0.29, 0.717) is 0 Å². The van der Waals surface area contributed by atoms with Crippen molar-refractivity contribution in [2.45, 2.75) is 20.8 Å². The number of anilines is 1. The fourth-order valence-corrected chi connectivity index (χ4v) is 7.03. The Bertz CT molecular complexity index is 740. The first-order valence-electron chi connectivity index (χ1n) is 7.46. The van der Waals surface area contributed by atoms with Crippen LogP contribution in [0.2, 0.25) is 0 Å². The Hall–Kier alpha value is -1.11. The molecule has 2 heterocycles. The van der Waals surface area contributed by atoms with Gasteiger partial charge in [0.2, 0.25) is 0 Å². The van der Waals surface area contributed by atoms with Gasteiger partial charge in [0, 0.05) is 28.7 Å². The second kappa shape index (κ2) is 6.07. The third-order valence-corrected chi connectivity index (χ3v) is 8.42. The van der Waals surface area contributed by atoms with Gasteiger partial charge in [-0.05, 0) is 34.4 Å². The van der Waals surface area contributed by atoms with Gasteiger partial charge >= 0.3 is 0 Å². The molecule has 0 saturated carbocycles. The van der Waals surface area contributed by atoms with E-state index in [-0.39, 0.29) is 15.1 Å². The standard InChI is InChI=1S/C17H21N3S3/c1-17(2,3)14-11-13-15(16(21)19(4)5)18-20(23(13)22-14)12-9-7-6-8-10-12/h6-11H,1-5H3. The first kappa shape index (κ1) is 16.7. The van der Waals surface area contributed by atoms with E-state index in [4.69, 9.17) is 17.3 Å². The van der Waals surface area contributed by atoms with Crippen LogP contribution < -0.4 is 4.41 Å². The van der Waals surface area contributed by atoms with E-state index in [2.05, 4.69) is 55.5 Å². The van der Waals surface area contributed by atoms with Crippen LogP contribution in [-0.2, 0) is 0 Å². The van der Waals surface area contributed by atoms with Gasteiger partial charge in [0.05, 0.1) is 10.6 Å². The lowest BCUT2D eigenvalue weighted by Gasteiger charge is -2.23. The number of para-hydroxylation sites is 1. The smallest absolute Gasteiger partial charge is 0.134 e. The molecule has 0 N–H and O–H groups in total. The van der Waals surface area contributed by atoms with Gasteiger partial charge in [0.1, 0.15) is 10.7 Å². The van der Waals surface area contributed by atoms with E-state index in [0.717, 1.165) is 16.4 Å². The highest BCUT2D eigenvalue weighted by Crippen LogP contribution is 2.55. The van der Waals surface area contributed by atoms with E-state index < -0.39 is 0 Å². The lowest BCUT2D eigenvalue weighted by Crippen LogP contribution is -2.31. The molecule has 0 amide bonds. The van der Waals surface area contributed by atoms with Crippen molar-refractivity contribution in [2.75, 3.05) is 18.5 Å². The molecule has 0 aliphatic carbocycles. The third-order valence-electron chi connectivity index (χ3n) is 3.53. The molecule has 0 bridgehead atoms. The molecule has 0 radical (unpaired) electrons. The molecule has 122 valence electrons. The molecular formula is C17H21N3S3. The fraction of sp³-hybridized carbons (Fsp3) is 0.353. The molecule has 6 heteroatoms. The van der Waals surface area contributed by atoms with Crippen molar-refractivity contribution < 1.29 is 0 Å². The molecule has 1 unspecified atom stereocenters. The van der Waals surface area contributed by atoms with Gasteiger partial charge in [0.15, 0.2) is 0 Å². The normalized spacial score (nSPS) is 20.3. The first-order chi connectivity index (χ1) is 10.8. The minimum Gasteiger partial charge on any atom is -0.367 e. The molecule has 2 aliphatic rings. The summed E-state index contributed by atoms with van der Waals surface area (Å²) in [5.74, 6) is 0. The average molecular weight is 364 g/mol. The van der Waals surface area contributed by atoms with Crippen LogP contribution in [0.25, 0.3) is 0 Å². The zero-order valence-electron chi connectivity index (χ0n) is 14.0. The predicted molar refractivity (Wildman–Crippen MR) is 110 cm³/mol. The molecule has 1 atom stereocenters. The van der Waals surface area contributed by atoms with Gasteiger partial charge in [-0.2, -0.15) is 5.10 Å². The molecule has 0 saturated heterocycles. The number of rotatable bonds is 2. The van der Waals surface area contributed by atoms with Gasteiger partial charge in [0.25, 0.3) is 0 Å². The average Bonchev–Trinajstić information content (AvgIpc) is 3.05. The minimum atomic E-state index is -0.144. The van der Waals surface area contributed by atoms with Crippen molar-refractivity contribution in [1.29, 1.82) is 0 Å². The SMILES string of the molecule is CN(C)C(=S)C1=NN(c2ccccc2)S2=C1C=C(C(C)(C)C)S2. The van der Waals surface area contributed by atoms with Gasteiger partial charge < -0.3 is 4.90 Å². The molecule has 0 aromatic heterocycles. The molecule has 0 spiro atoms. The van der Waals surface area contributed by atoms with Crippen LogP contribution in [0.15, 0.2) is 46.4 Å². The summed E-state index contributed by atoms with van der Waals surface area (Å²) >= 11 is 5.61. The van der Waals surface area contributed by atoms with Gasteiger partial charge in [-0.15, -0.1) is 0 Å². The van der Waals surface area contributed by atoms with Crippen molar-refractivity contribution in [3.63, 3.8) is 0 Å². The number of benzene rings is 1. The zero-order chi connectivity index (χ0) is 16.8. The predicted octanol–water partition coefficient (Wildman–Crippen LogP) is 4.70. The van der Waals surface area contributed by atoms with Crippen LogP contribution in [0.4, 0.5) is 5.69 Å². The highest BCUT2D eigenvalue weighted by Gasteiger charge is 2.36. The number of nitrogens with zero attached hydrogens (tertiary/aromatic N) is 3. The van der Waals surface area contributed by atoms with Crippen LogP contribution in [0.5, 0.6) is 0 Å². The lowest BCUT2D eigenvalue weighted by atomic mass is 9.95. The van der Waals surface area contributed by atoms with Crippen molar-refractivity contribution in [1.82, 2.24) is 4.90 Å². The van der Waals surface area contributed by atoms with Crippen LogP contribution in [0, 0.1) is 5.41 Å². The molecular weight excluding hydrogens is 342 g/mol. The fourth-order valence-electron chi connectivity index (χ4n) is 2.19. The topological polar surface area (TPSA) is 18.8 Å². The maximum absolute atomic E-state index is 5.61. The molecule has 3 nitrogen and oxygen atoms in total. The Kier molecular flexibility index (Phi) is 4.42. The van der Waals surface area contributed by atoms with Crippen LogP contribution in [0.3, 0.4) is 0 Å².